The second-order valence-corrected chi connectivity index (χ2v) is 9.80. The molecule has 0 saturated carbocycles. The van der Waals surface area contributed by atoms with Gasteiger partial charge in [-0.1, -0.05) is 13.3 Å². The Kier molecular flexibility index (Phi) is 6.69. The minimum Gasteiger partial charge on any atom is -0.356 e. The summed E-state index contributed by atoms with van der Waals surface area (Å²) in [5, 5.41) is 2.50. The highest BCUT2D eigenvalue weighted by atomic mass is 19.4. The van der Waals surface area contributed by atoms with E-state index in [-0.39, 0.29) is 23.1 Å². The molecule has 0 unspecified atom stereocenters. The number of aromatic nitrogens is 4. The normalized spacial score (nSPS) is 21.5. The molecule has 5 rings (SSSR count). The quantitative estimate of drug-likeness (QED) is 0.636. The van der Waals surface area contributed by atoms with Crippen LogP contribution in [-0.4, -0.2) is 69.2 Å². The van der Waals surface area contributed by atoms with E-state index in [4.69, 9.17) is 4.98 Å². The smallest absolute Gasteiger partial charge is 0.356 e. The van der Waals surface area contributed by atoms with E-state index in [2.05, 4.69) is 37.9 Å². The number of carbonyl (C=O) groups is 1. The van der Waals surface area contributed by atoms with E-state index in [9.17, 15) is 18.0 Å². The summed E-state index contributed by atoms with van der Waals surface area (Å²) in [6.45, 7) is 7.56. The van der Waals surface area contributed by atoms with E-state index in [1.54, 1.807) is 0 Å². The number of amides is 1. The molecule has 0 bridgehead atoms. The van der Waals surface area contributed by atoms with Crippen molar-refractivity contribution in [1.82, 2.24) is 24.4 Å². The number of aryl methyl sites for hydroxylation is 1. The minimum absolute atomic E-state index is 0.0145. The van der Waals surface area contributed by atoms with E-state index < -0.39 is 24.4 Å². The number of nitrogens with one attached hydrogen (secondary N) is 1. The van der Waals surface area contributed by atoms with Crippen molar-refractivity contribution in [2.24, 2.45) is 0 Å². The van der Waals surface area contributed by atoms with Crippen LogP contribution >= 0.6 is 0 Å². The van der Waals surface area contributed by atoms with Gasteiger partial charge in [0, 0.05) is 44.7 Å². The molecule has 2 fully saturated rings. The molecule has 0 aliphatic carbocycles. The number of hydrogen-bond acceptors (Lipinski definition) is 6. The Bertz CT molecular complexity index is 1060. The first-order valence-electron chi connectivity index (χ1n) is 12.6. The van der Waals surface area contributed by atoms with Crippen molar-refractivity contribution in [2.75, 3.05) is 42.9 Å². The number of piperidine rings is 1. The zero-order valence-corrected chi connectivity index (χ0v) is 20.0. The predicted octanol–water partition coefficient (Wildman–Crippen LogP) is 3.70. The van der Waals surface area contributed by atoms with Crippen LogP contribution in [-0.2, 0) is 17.8 Å². The molecule has 3 aliphatic heterocycles. The van der Waals surface area contributed by atoms with Crippen LogP contribution in [0.5, 0.6) is 0 Å². The maximum atomic E-state index is 13.8. The number of halogens is 3. The van der Waals surface area contributed by atoms with E-state index >= 15 is 0 Å². The van der Waals surface area contributed by atoms with Crippen LogP contribution < -0.4 is 10.2 Å². The maximum Gasteiger partial charge on any atom is 0.396 e. The van der Waals surface area contributed by atoms with E-state index in [0.29, 0.717) is 13.1 Å². The number of imidazole rings is 1. The van der Waals surface area contributed by atoms with Gasteiger partial charge >= 0.3 is 6.18 Å². The Balaban J connectivity index is 1.33. The van der Waals surface area contributed by atoms with Gasteiger partial charge in [-0.3, -0.25) is 4.79 Å². The van der Waals surface area contributed by atoms with Crippen LogP contribution in [0.3, 0.4) is 0 Å². The lowest BCUT2D eigenvalue weighted by molar-refractivity contribution is -0.156. The number of fused-ring (bicyclic) bond motifs is 1. The number of carbonyl (C=O) groups excluding carboxylic acids is 1. The second kappa shape index (κ2) is 9.75. The van der Waals surface area contributed by atoms with Crippen LogP contribution in [0.25, 0.3) is 0 Å². The molecular formula is C24H32F3N7O. The van der Waals surface area contributed by atoms with Gasteiger partial charge in [0.05, 0.1) is 17.2 Å². The van der Waals surface area contributed by atoms with Gasteiger partial charge in [-0.05, 0) is 38.8 Å². The molecule has 2 saturated heterocycles. The van der Waals surface area contributed by atoms with E-state index in [0.717, 1.165) is 63.4 Å². The third-order valence-electron chi connectivity index (χ3n) is 7.38. The third-order valence-corrected chi connectivity index (χ3v) is 7.38. The molecule has 8 nitrogen and oxygen atoms in total. The Morgan fingerprint density at radius 3 is 2.54 bits per heavy atom. The van der Waals surface area contributed by atoms with E-state index in [1.807, 2.05) is 4.90 Å². The first-order chi connectivity index (χ1) is 16.8. The number of likely N-dealkylation sites (tertiary alicyclic amines) is 1. The van der Waals surface area contributed by atoms with Gasteiger partial charge in [-0.15, -0.1) is 0 Å². The Labute approximate surface area is 202 Å². The fourth-order valence-corrected chi connectivity index (χ4v) is 5.38. The Morgan fingerprint density at radius 2 is 1.89 bits per heavy atom. The van der Waals surface area contributed by atoms with Gasteiger partial charge < -0.3 is 19.7 Å². The summed E-state index contributed by atoms with van der Waals surface area (Å²) in [5.41, 5.74) is 1.10. The van der Waals surface area contributed by atoms with Crippen molar-refractivity contribution in [2.45, 2.75) is 70.0 Å². The first-order valence-corrected chi connectivity index (χ1v) is 12.6. The zero-order chi connectivity index (χ0) is 24.6. The fourth-order valence-electron chi connectivity index (χ4n) is 5.38. The molecule has 1 amide bonds. The molecular weight excluding hydrogens is 459 g/mol. The molecule has 0 radical (unpaired) electrons. The van der Waals surface area contributed by atoms with Crippen LogP contribution in [0.15, 0.2) is 12.5 Å². The molecule has 11 heteroatoms. The van der Waals surface area contributed by atoms with Crippen molar-refractivity contribution in [3.05, 3.63) is 29.6 Å². The molecule has 3 aliphatic rings. The SMILES string of the molecule is CCCc1cn(CCN2CCC2)c(C2CCN(c3ncnc4c3[C@H](C(F)(F)F)CC(=O)N4)CC2)n1. The van der Waals surface area contributed by atoms with Crippen molar-refractivity contribution >= 4 is 17.5 Å². The summed E-state index contributed by atoms with van der Waals surface area (Å²) >= 11 is 0. The van der Waals surface area contributed by atoms with Gasteiger partial charge in [-0.25, -0.2) is 15.0 Å². The Morgan fingerprint density at radius 1 is 1.11 bits per heavy atom. The number of rotatable bonds is 7. The molecule has 0 spiro atoms. The van der Waals surface area contributed by atoms with Crippen LogP contribution in [0, 0.1) is 0 Å². The number of nitrogens with zero attached hydrogens (tertiary/aromatic N) is 6. The number of alkyl halides is 3. The molecule has 5 heterocycles. The molecule has 2 aromatic heterocycles. The third kappa shape index (κ3) is 5.00. The van der Waals surface area contributed by atoms with Crippen molar-refractivity contribution < 1.29 is 18.0 Å². The van der Waals surface area contributed by atoms with Crippen LogP contribution in [0.4, 0.5) is 24.8 Å². The highest BCUT2D eigenvalue weighted by Crippen LogP contribution is 2.46. The Hall–Kier alpha value is -2.69. The minimum atomic E-state index is -4.54. The van der Waals surface area contributed by atoms with Crippen LogP contribution in [0.1, 0.15) is 67.9 Å². The van der Waals surface area contributed by atoms with Crippen molar-refractivity contribution in [3.8, 4) is 0 Å². The first kappa shape index (κ1) is 24.0. The summed E-state index contributed by atoms with van der Waals surface area (Å²) in [6.07, 6.45) is 3.06. The lowest BCUT2D eigenvalue weighted by atomic mass is 9.90. The average molecular weight is 492 g/mol. The fraction of sp³-hybridized carbons (Fsp3) is 0.667. The number of hydrogen-bond donors (Lipinski definition) is 1. The topological polar surface area (TPSA) is 79.2 Å². The molecule has 0 aromatic carbocycles. The number of anilines is 2. The standard InChI is InChI=1S/C24H32F3N7O/c1-2-4-17-14-34(12-11-32-7-3-8-32)22(30-17)16-5-9-33(10-6-16)23-20-18(24(25,26)27)13-19(35)31-21(20)28-15-29-23/h14-16,18H,2-13H2,1H3,(H,28,29,31,35)/t18-/m1/s1. The van der Waals surface area contributed by atoms with E-state index in [1.165, 1.54) is 12.7 Å². The van der Waals surface area contributed by atoms with Crippen LogP contribution in [0.2, 0.25) is 0 Å². The average Bonchev–Trinajstić information content (AvgIpc) is 3.19. The van der Waals surface area contributed by atoms with Crippen molar-refractivity contribution in [1.29, 1.82) is 0 Å². The molecule has 35 heavy (non-hydrogen) atoms. The lowest BCUT2D eigenvalue weighted by Gasteiger charge is -2.36. The van der Waals surface area contributed by atoms with Gasteiger partial charge in [-0.2, -0.15) is 13.2 Å². The summed E-state index contributed by atoms with van der Waals surface area (Å²) < 4.78 is 43.8. The van der Waals surface area contributed by atoms with Gasteiger partial charge in [0.2, 0.25) is 5.91 Å². The largest absolute Gasteiger partial charge is 0.396 e. The summed E-state index contributed by atoms with van der Waals surface area (Å²) in [5.74, 6) is -0.957. The van der Waals surface area contributed by atoms with Gasteiger partial charge in [0.1, 0.15) is 23.8 Å². The van der Waals surface area contributed by atoms with Gasteiger partial charge in [0.15, 0.2) is 0 Å². The zero-order valence-electron chi connectivity index (χ0n) is 20.0. The molecule has 1 atom stereocenters. The monoisotopic (exact) mass is 491 g/mol. The molecule has 190 valence electrons. The molecule has 2 aromatic rings. The second-order valence-electron chi connectivity index (χ2n) is 9.80. The maximum absolute atomic E-state index is 13.8. The summed E-state index contributed by atoms with van der Waals surface area (Å²) in [7, 11) is 0. The lowest BCUT2D eigenvalue weighted by Crippen LogP contribution is -2.40. The van der Waals surface area contributed by atoms with Gasteiger partial charge in [0.25, 0.3) is 0 Å². The highest BCUT2D eigenvalue weighted by molar-refractivity contribution is 5.94. The summed E-state index contributed by atoms with van der Waals surface area (Å²) in [4.78, 5) is 29.4. The predicted molar refractivity (Wildman–Crippen MR) is 126 cm³/mol. The summed E-state index contributed by atoms with van der Waals surface area (Å²) in [6, 6.07) is 0. The van der Waals surface area contributed by atoms with Crippen molar-refractivity contribution in [3.63, 3.8) is 0 Å². The molecule has 1 N–H and O–H groups in total. The highest BCUT2D eigenvalue weighted by Gasteiger charge is 2.48.